The zero-order valence-electron chi connectivity index (χ0n) is 12.4. The number of anilines is 1. The summed E-state index contributed by atoms with van der Waals surface area (Å²) < 4.78 is 0. The molecule has 0 bridgehead atoms. The van der Waals surface area contributed by atoms with Crippen molar-refractivity contribution in [3.8, 4) is 0 Å². The molecule has 0 aromatic heterocycles. The van der Waals surface area contributed by atoms with E-state index in [0.29, 0.717) is 18.8 Å². The van der Waals surface area contributed by atoms with Gasteiger partial charge in [0.05, 0.1) is 4.92 Å². The van der Waals surface area contributed by atoms with E-state index in [9.17, 15) is 14.9 Å². The molecule has 2 rings (SSSR count). The standard InChI is InChI=1S/C17H17N3O3/c21-17(11-10-14-6-2-1-3-7-14)19-13-12-18-15-8-4-5-9-16(15)20(22)23/h1-11,18H,12-13H2,(H,19,21)/b11-10+. The first-order valence-electron chi connectivity index (χ1n) is 7.15. The molecular weight excluding hydrogens is 294 g/mol. The second kappa shape index (κ2) is 8.33. The number of nitrogens with one attached hydrogen (secondary N) is 2. The van der Waals surface area contributed by atoms with Crippen LogP contribution in [0.5, 0.6) is 0 Å². The zero-order chi connectivity index (χ0) is 16.5. The second-order valence-electron chi connectivity index (χ2n) is 4.74. The monoisotopic (exact) mass is 311 g/mol. The maximum atomic E-state index is 11.7. The Labute approximate surface area is 134 Å². The van der Waals surface area contributed by atoms with E-state index >= 15 is 0 Å². The first-order chi connectivity index (χ1) is 11.2. The number of carbonyl (C=O) groups excluding carboxylic acids is 1. The number of nitro benzene ring substituents is 1. The Hall–Kier alpha value is -3.15. The molecule has 0 spiro atoms. The molecule has 0 aliphatic rings. The Kier molecular flexibility index (Phi) is 5.88. The topological polar surface area (TPSA) is 84.3 Å². The predicted octanol–water partition coefficient (Wildman–Crippen LogP) is 2.84. The summed E-state index contributed by atoms with van der Waals surface area (Å²) in [4.78, 5) is 22.1. The van der Waals surface area contributed by atoms with Crippen LogP contribution in [0.3, 0.4) is 0 Å². The van der Waals surface area contributed by atoms with Gasteiger partial charge in [-0.1, -0.05) is 42.5 Å². The molecule has 6 heteroatoms. The third kappa shape index (κ3) is 5.28. The Morgan fingerprint density at radius 3 is 2.48 bits per heavy atom. The largest absolute Gasteiger partial charge is 0.378 e. The van der Waals surface area contributed by atoms with Gasteiger partial charge in [0.25, 0.3) is 5.69 Å². The molecule has 0 saturated heterocycles. The summed E-state index contributed by atoms with van der Waals surface area (Å²) in [7, 11) is 0. The molecule has 0 aliphatic carbocycles. The lowest BCUT2D eigenvalue weighted by Crippen LogP contribution is -2.27. The van der Waals surface area contributed by atoms with Crippen molar-refractivity contribution in [3.63, 3.8) is 0 Å². The molecule has 2 aromatic carbocycles. The van der Waals surface area contributed by atoms with E-state index in [1.54, 1.807) is 24.3 Å². The lowest BCUT2D eigenvalue weighted by Gasteiger charge is -2.07. The number of amides is 1. The molecule has 0 saturated carbocycles. The molecule has 0 radical (unpaired) electrons. The van der Waals surface area contributed by atoms with Gasteiger partial charge in [-0.25, -0.2) is 0 Å². The highest BCUT2D eigenvalue weighted by Gasteiger charge is 2.11. The lowest BCUT2D eigenvalue weighted by atomic mass is 10.2. The van der Waals surface area contributed by atoms with Crippen molar-refractivity contribution in [2.24, 2.45) is 0 Å². The minimum absolute atomic E-state index is 0.0165. The lowest BCUT2D eigenvalue weighted by molar-refractivity contribution is -0.384. The van der Waals surface area contributed by atoms with Crippen LogP contribution in [-0.4, -0.2) is 23.9 Å². The minimum Gasteiger partial charge on any atom is -0.378 e. The molecule has 0 aliphatic heterocycles. The van der Waals surface area contributed by atoms with Crippen LogP contribution in [0.25, 0.3) is 6.08 Å². The number of nitrogens with zero attached hydrogens (tertiary/aromatic N) is 1. The van der Waals surface area contributed by atoms with Gasteiger partial charge in [0.15, 0.2) is 0 Å². The number of hydrogen-bond acceptors (Lipinski definition) is 4. The second-order valence-corrected chi connectivity index (χ2v) is 4.74. The fourth-order valence-corrected chi connectivity index (χ4v) is 1.96. The van der Waals surface area contributed by atoms with Crippen LogP contribution < -0.4 is 10.6 Å². The van der Waals surface area contributed by atoms with E-state index in [0.717, 1.165) is 5.56 Å². The SMILES string of the molecule is O=C(/C=C/c1ccccc1)NCCNc1ccccc1[N+](=O)[O-]. The van der Waals surface area contributed by atoms with E-state index in [1.807, 2.05) is 30.3 Å². The summed E-state index contributed by atoms with van der Waals surface area (Å²) in [5.41, 5.74) is 1.40. The van der Waals surface area contributed by atoms with Crippen molar-refractivity contribution in [1.29, 1.82) is 0 Å². The van der Waals surface area contributed by atoms with Crippen LogP contribution in [-0.2, 0) is 4.79 Å². The summed E-state index contributed by atoms with van der Waals surface area (Å²) in [6, 6.07) is 15.9. The van der Waals surface area contributed by atoms with E-state index in [-0.39, 0.29) is 11.6 Å². The van der Waals surface area contributed by atoms with Gasteiger partial charge >= 0.3 is 0 Å². The smallest absolute Gasteiger partial charge is 0.292 e. The molecule has 0 unspecified atom stereocenters. The van der Waals surface area contributed by atoms with Gasteiger partial charge in [-0.05, 0) is 17.7 Å². The summed E-state index contributed by atoms with van der Waals surface area (Å²) in [5.74, 6) is -0.210. The van der Waals surface area contributed by atoms with Gasteiger partial charge in [0, 0.05) is 25.2 Å². The van der Waals surface area contributed by atoms with Crippen molar-refractivity contribution >= 4 is 23.4 Å². The Morgan fingerprint density at radius 2 is 1.74 bits per heavy atom. The maximum absolute atomic E-state index is 11.7. The highest BCUT2D eigenvalue weighted by molar-refractivity contribution is 5.91. The van der Waals surface area contributed by atoms with Crippen molar-refractivity contribution in [2.75, 3.05) is 18.4 Å². The van der Waals surface area contributed by atoms with Gasteiger partial charge in [-0.15, -0.1) is 0 Å². The molecular formula is C17H17N3O3. The predicted molar refractivity (Wildman–Crippen MR) is 90.1 cm³/mol. The van der Waals surface area contributed by atoms with Gasteiger partial charge < -0.3 is 10.6 Å². The third-order valence-electron chi connectivity index (χ3n) is 3.07. The van der Waals surface area contributed by atoms with Gasteiger partial charge in [-0.2, -0.15) is 0 Å². The number of hydrogen-bond donors (Lipinski definition) is 2. The van der Waals surface area contributed by atoms with Crippen molar-refractivity contribution in [2.45, 2.75) is 0 Å². The number of carbonyl (C=O) groups is 1. The molecule has 6 nitrogen and oxygen atoms in total. The van der Waals surface area contributed by atoms with E-state index in [2.05, 4.69) is 10.6 Å². The van der Waals surface area contributed by atoms with Crippen LogP contribution in [0.2, 0.25) is 0 Å². The molecule has 1 amide bonds. The molecule has 0 heterocycles. The van der Waals surface area contributed by atoms with Crippen LogP contribution in [0.1, 0.15) is 5.56 Å². The van der Waals surface area contributed by atoms with Crippen molar-refractivity contribution in [1.82, 2.24) is 5.32 Å². The van der Waals surface area contributed by atoms with E-state index in [1.165, 1.54) is 12.1 Å². The summed E-state index contributed by atoms with van der Waals surface area (Å²) in [5, 5.41) is 16.5. The Bertz CT molecular complexity index is 699. The number of para-hydroxylation sites is 2. The Balaban J connectivity index is 1.76. The summed E-state index contributed by atoms with van der Waals surface area (Å²) >= 11 is 0. The highest BCUT2D eigenvalue weighted by atomic mass is 16.6. The summed E-state index contributed by atoms with van der Waals surface area (Å²) in [6.07, 6.45) is 3.19. The fraction of sp³-hybridized carbons (Fsp3) is 0.118. The molecule has 2 aromatic rings. The third-order valence-corrected chi connectivity index (χ3v) is 3.07. The van der Waals surface area contributed by atoms with E-state index < -0.39 is 4.92 Å². The number of benzene rings is 2. The van der Waals surface area contributed by atoms with Crippen molar-refractivity contribution in [3.05, 3.63) is 76.4 Å². The molecule has 0 atom stereocenters. The van der Waals surface area contributed by atoms with Crippen LogP contribution in [0, 0.1) is 10.1 Å². The molecule has 0 fully saturated rings. The molecule has 2 N–H and O–H groups in total. The maximum Gasteiger partial charge on any atom is 0.292 e. The number of rotatable bonds is 7. The van der Waals surface area contributed by atoms with Gasteiger partial charge in [-0.3, -0.25) is 14.9 Å². The molecule has 23 heavy (non-hydrogen) atoms. The Morgan fingerprint density at radius 1 is 1.04 bits per heavy atom. The number of nitro groups is 1. The average Bonchev–Trinajstić information content (AvgIpc) is 2.58. The minimum atomic E-state index is -0.441. The average molecular weight is 311 g/mol. The van der Waals surface area contributed by atoms with E-state index in [4.69, 9.17) is 0 Å². The normalized spacial score (nSPS) is 10.4. The van der Waals surface area contributed by atoms with Crippen LogP contribution >= 0.6 is 0 Å². The quantitative estimate of drug-likeness (QED) is 0.356. The van der Waals surface area contributed by atoms with Crippen LogP contribution in [0.15, 0.2) is 60.7 Å². The van der Waals surface area contributed by atoms with Gasteiger partial charge in [0.1, 0.15) is 5.69 Å². The van der Waals surface area contributed by atoms with Crippen molar-refractivity contribution < 1.29 is 9.72 Å². The first kappa shape index (κ1) is 16.2. The zero-order valence-corrected chi connectivity index (χ0v) is 12.4. The highest BCUT2D eigenvalue weighted by Crippen LogP contribution is 2.22. The fourth-order valence-electron chi connectivity index (χ4n) is 1.96. The van der Waals surface area contributed by atoms with Crippen LogP contribution in [0.4, 0.5) is 11.4 Å². The summed E-state index contributed by atoms with van der Waals surface area (Å²) in [6.45, 7) is 0.764. The molecule has 118 valence electrons. The van der Waals surface area contributed by atoms with Gasteiger partial charge in [0.2, 0.25) is 5.91 Å². The first-order valence-corrected chi connectivity index (χ1v) is 7.15.